The molecule has 3 heteroatoms. The standard InChI is InChI=1S/C12H14O2S/c1-12(2)5-6-15-10-4-3-8(11(13)14)7-9(10)12/h3-4,7H,5-6H2,1-2H3,(H,13,14). The first-order valence-electron chi connectivity index (χ1n) is 5.01. The molecule has 0 aliphatic carbocycles. The first-order chi connectivity index (χ1) is 7.00. The van der Waals surface area contributed by atoms with E-state index in [0.29, 0.717) is 5.56 Å². The molecule has 0 aromatic heterocycles. The van der Waals surface area contributed by atoms with E-state index in [4.69, 9.17) is 5.11 Å². The van der Waals surface area contributed by atoms with Crippen molar-refractivity contribution in [1.29, 1.82) is 0 Å². The molecule has 1 N–H and O–H groups in total. The molecule has 0 atom stereocenters. The molecule has 0 radical (unpaired) electrons. The number of aromatic carboxylic acids is 1. The van der Waals surface area contributed by atoms with Gasteiger partial charge in [0.25, 0.3) is 0 Å². The zero-order valence-electron chi connectivity index (χ0n) is 8.91. The van der Waals surface area contributed by atoms with Crippen LogP contribution >= 0.6 is 11.8 Å². The van der Waals surface area contributed by atoms with Crippen LogP contribution in [-0.4, -0.2) is 16.8 Å². The highest BCUT2D eigenvalue weighted by molar-refractivity contribution is 7.99. The van der Waals surface area contributed by atoms with Gasteiger partial charge in [0.2, 0.25) is 0 Å². The van der Waals surface area contributed by atoms with Crippen LogP contribution < -0.4 is 0 Å². The van der Waals surface area contributed by atoms with Gasteiger partial charge in [0.05, 0.1) is 5.56 Å². The molecular weight excluding hydrogens is 208 g/mol. The van der Waals surface area contributed by atoms with Gasteiger partial charge in [0, 0.05) is 4.90 Å². The molecule has 0 saturated heterocycles. The monoisotopic (exact) mass is 222 g/mol. The smallest absolute Gasteiger partial charge is 0.335 e. The van der Waals surface area contributed by atoms with Crippen molar-refractivity contribution in [2.45, 2.75) is 30.6 Å². The van der Waals surface area contributed by atoms with Gasteiger partial charge in [0.1, 0.15) is 0 Å². The second-order valence-electron chi connectivity index (χ2n) is 4.50. The van der Waals surface area contributed by atoms with Crippen molar-refractivity contribution in [2.75, 3.05) is 5.75 Å². The Hall–Kier alpha value is -0.960. The Bertz CT molecular complexity index is 410. The minimum absolute atomic E-state index is 0.103. The van der Waals surface area contributed by atoms with Gasteiger partial charge in [-0.15, -0.1) is 11.8 Å². The van der Waals surface area contributed by atoms with Crippen molar-refractivity contribution in [1.82, 2.24) is 0 Å². The molecule has 0 spiro atoms. The number of benzene rings is 1. The summed E-state index contributed by atoms with van der Waals surface area (Å²) in [5.74, 6) is 0.274. The fourth-order valence-electron chi connectivity index (χ4n) is 1.87. The lowest BCUT2D eigenvalue weighted by molar-refractivity contribution is 0.0696. The van der Waals surface area contributed by atoms with E-state index in [2.05, 4.69) is 13.8 Å². The van der Waals surface area contributed by atoms with Crippen LogP contribution in [0.25, 0.3) is 0 Å². The lowest BCUT2D eigenvalue weighted by Gasteiger charge is -2.32. The summed E-state index contributed by atoms with van der Waals surface area (Å²) in [5, 5.41) is 8.95. The molecule has 0 amide bonds. The molecule has 0 bridgehead atoms. The molecule has 2 nitrogen and oxygen atoms in total. The van der Waals surface area contributed by atoms with Crippen molar-refractivity contribution < 1.29 is 9.90 Å². The van der Waals surface area contributed by atoms with E-state index in [-0.39, 0.29) is 5.41 Å². The molecule has 1 aliphatic rings. The van der Waals surface area contributed by atoms with Crippen LogP contribution in [0, 0.1) is 0 Å². The summed E-state index contributed by atoms with van der Waals surface area (Å²) in [6.07, 6.45) is 1.10. The quantitative estimate of drug-likeness (QED) is 0.793. The fraction of sp³-hybridized carbons (Fsp3) is 0.417. The first kappa shape index (κ1) is 10.6. The largest absolute Gasteiger partial charge is 0.478 e. The zero-order chi connectivity index (χ0) is 11.1. The Kier molecular flexibility index (Phi) is 2.51. The van der Waals surface area contributed by atoms with Gasteiger partial charge in [-0.1, -0.05) is 13.8 Å². The third kappa shape index (κ3) is 1.88. The summed E-state index contributed by atoms with van der Waals surface area (Å²) < 4.78 is 0. The van der Waals surface area contributed by atoms with Crippen LogP contribution in [0.1, 0.15) is 36.2 Å². The lowest BCUT2D eigenvalue weighted by atomic mass is 9.81. The molecule has 1 aliphatic heterocycles. The summed E-state index contributed by atoms with van der Waals surface area (Å²) in [5.41, 5.74) is 1.68. The summed E-state index contributed by atoms with van der Waals surface area (Å²) in [6.45, 7) is 4.36. The fourth-order valence-corrected chi connectivity index (χ4v) is 3.36. The molecule has 1 aromatic rings. The average molecular weight is 222 g/mol. The molecule has 15 heavy (non-hydrogen) atoms. The van der Waals surface area contributed by atoms with Crippen LogP contribution in [0.15, 0.2) is 23.1 Å². The molecule has 1 heterocycles. The Morgan fingerprint density at radius 3 is 2.87 bits per heavy atom. The molecule has 0 fully saturated rings. The maximum absolute atomic E-state index is 10.9. The molecular formula is C12H14O2S. The molecule has 1 aromatic carbocycles. The van der Waals surface area contributed by atoms with Crippen LogP contribution in [0.2, 0.25) is 0 Å². The van der Waals surface area contributed by atoms with E-state index in [0.717, 1.165) is 12.2 Å². The van der Waals surface area contributed by atoms with Gasteiger partial charge >= 0.3 is 5.97 Å². The second kappa shape index (κ2) is 3.56. The van der Waals surface area contributed by atoms with Gasteiger partial charge in [-0.05, 0) is 41.4 Å². The van der Waals surface area contributed by atoms with Crippen molar-refractivity contribution in [3.63, 3.8) is 0 Å². The highest BCUT2D eigenvalue weighted by atomic mass is 32.2. The van der Waals surface area contributed by atoms with Crippen molar-refractivity contribution >= 4 is 17.7 Å². The van der Waals surface area contributed by atoms with E-state index in [1.807, 2.05) is 23.9 Å². The number of rotatable bonds is 1. The van der Waals surface area contributed by atoms with Gasteiger partial charge in [-0.2, -0.15) is 0 Å². The first-order valence-corrected chi connectivity index (χ1v) is 6.00. The van der Waals surface area contributed by atoms with Crippen LogP contribution in [0.4, 0.5) is 0 Å². The van der Waals surface area contributed by atoms with Crippen LogP contribution in [0.3, 0.4) is 0 Å². The number of carboxylic acid groups (broad SMARTS) is 1. The van der Waals surface area contributed by atoms with E-state index in [1.54, 1.807) is 6.07 Å². The molecule has 0 unspecified atom stereocenters. The average Bonchev–Trinajstić information content (AvgIpc) is 2.17. The van der Waals surface area contributed by atoms with E-state index in [1.165, 1.54) is 10.5 Å². The maximum atomic E-state index is 10.9. The Morgan fingerprint density at radius 2 is 2.20 bits per heavy atom. The number of carbonyl (C=O) groups is 1. The highest BCUT2D eigenvalue weighted by Gasteiger charge is 2.28. The topological polar surface area (TPSA) is 37.3 Å². The predicted octanol–water partition coefficient (Wildman–Crippen LogP) is 3.16. The van der Waals surface area contributed by atoms with Gasteiger partial charge in [-0.3, -0.25) is 0 Å². The summed E-state index contributed by atoms with van der Waals surface area (Å²) in [6, 6.07) is 5.45. The highest BCUT2D eigenvalue weighted by Crippen LogP contribution is 2.41. The molecule has 2 rings (SSSR count). The summed E-state index contributed by atoms with van der Waals surface area (Å²) >= 11 is 1.82. The van der Waals surface area contributed by atoms with E-state index in [9.17, 15) is 4.79 Å². The SMILES string of the molecule is CC1(C)CCSc2ccc(C(=O)O)cc21. The van der Waals surface area contributed by atoms with Crippen molar-refractivity contribution in [3.8, 4) is 0 Å². The maximum Gasteiger partial charge on any atom is 0.335 e. The van der Waals surface area contributed by atoms with Crippen molar-refractivity contribution in [2.24, 2.45) is 0 Å². The van der Waals surface area contributed by atoms with E-state index >= 15 is 0 Å². The Morgan fingerprint density at radius 1 is 1.47 bits per heavy atom. The Balaban J connectivity index is 2.53. The number of hydrogen-bond donors (Lipinski definition) is 1. The third-order valence-electron chi connectivity index (χ3n) is 2.94. The summed E-state index contributed by atoms with van der Waals surface area (Å²) in [4.78, 5) is 12.1. The summed E-state index contributed by atoms with van der Waals surface area (Å²) in [7, 11) is 0. The number of hydrogen-bond acceptors (Lipinski definition) is 2. The number of carboxylic acids is 1. The normalized spacial score (nSPS) is 18.3. The molecule has 80 valence electrons. The predicted molar refractivity (Wildman–Crippen MR) is 61.8 cm³/mol. The van der Waals surface area contributed by atoms with Crippen molar-refractivity contribution in [3.05, 3.63) is 29.3 Å². The van der Waals surface area contributed by atoms with Crippen LogP contribution in [-0.2, 0) is 5.41 Å². The lowest BCUT2D eigenvalue weighted by Crippen LogP contribution is -2.23. The number of thioether (sulfide) groups is 1. The van der Waals surface area contributed by atoms with Gasteiger partial charge in [0.15, 0.2) is 0 Å². The van der Waals surface area contributed by atoms with E-state index < -0.39 is 5.97 Å². The number of fused-ring (bicyclic) bond motifs is 1. The third-order valence-corrected chi connectivity index (χ3v) is 4.02. The van der Waals surface area contributed by atoms with Crippen LogP contribution in [0.5, 0.6) is 0 Å². The zero-order valence-corrected chi connectivity index (χ0v) is 9.73. The second-order valence-corrected chi connectivity index (χ2v) is 5.64. The Labute approximate surface area is 93.7 Å². The van der Waals surface area contributed by atoms with Gasteiger partial charge in [-0.25, -0.2) is 4.79 Å². The van der Waals surface area contributed by atoms with Gasteiger partial charge < -0.3 is 5.11 Å². The minimum Gasteiger partial charge on any atom is -0.478 e. The molecule has 0 saturated carbocycles. The minimum atomic E-state index is -0.843.